The average Bonchev–Trinajstić information content (AvgIpc) is 2.89. The molecule has 1 fully saturated rings. The molecule has 0 radical (unpaired) electrons. The molecule has 2 unspecified atom stereocenters. The van der Waals surface area contributed by atoms with Crippen LogP contribution in [0.5, 0.6) is 0 Å². The molecule has 7 heteroatoms. The van der Waals surface area contributed by atoms with Crippen LogP contribution in [0.2, 0.25) is 0 Å². The summed E-state index contributed by atoms with van der Waals surface area (Å²) in [4.78, 5) is 24.1. The van der Waals surface area contributed by atoms with Crippen LogP contribution in [0.1, 0.15) is 24.8 Å². The Hall–Kier alpha value is -1.86. The topological polar surface area (TPSA) is 78.4 Å². The van der Waals surface area contributed by atoms with E-state index in [1.807, 2.05) is 0 Å². The van der Waals surface area contributed by atoms with Crippen LogP contribution in [-0.2, 0) is 9.59 Å². The number of halogens is 1. The van der Waals surface area contributed by atoms with Crippen LogP contribution in [0.3, 0.4) is 0 Å². The Kier molecular flexibility index (Phi) is 4.41. The van der Waals surface area contributed by atoms with E-state index in [1.165, 1.54) is 17.8 Å². The van der Waals surface area contributed by atoms with Gasteiger partial charge >= 0.3 is 0 Å². The highest BCUT2D eigenvalue weighted by atomic mass is 32.2. The molecular weight excluding hydrogens is 319 g/mol. The standard InChI is InChI=1S/C16H17FN2O3S/c1-8-5-6-11(10(17)7-8)18-16-13(15(21)19-22)9-3-2-4-12(20)14(9)23-16/h5-7,9,14,18,22H,2-4H2,1H3,(H,19,21). The van der Waals surface area contributed by atoms with Gasteiger partial charge in [0.2, 0.25) is 0 Å². The molecule has 0 bridgehead atoms. The highest BCUT2D eigenvalue weighted by molar-refractivity contribution is 8.04. The number of hydrogen-bond donors (Lipinski definition) is 3. The molecule has 1 amide bonds. The third-order valence-electron chi connectivity index (χ3n) is 4.20. The molecule has 0 aromatic heterocycles. The summed E-state index contributed by atoms with van der Waals surface area (Å²) in [7, 11) is 0. The van der Waals surface area contributed by atoms with Gasteiger partial charge in [-0.25, -0.2) is 9.87 Å². The molecule has 122 valence electrons. The molecule has 2 atom stereocenters. The number of benzene rings is 1. The number of thioether (sulfide) groups is 1. The first kappa shape index (κ1) is 16.0. The van der Waals surface area contributed by atoms with Crippen LogP contribution in [-0.4, -0.2) is 22.1 Å². The van der Waals surface area contributed by atoms with Crippen molar-refractivity contribution in [3.05, 3.63) is 40.2 Å². The number of ketones is 1. The van der Waals surface area contributed by atoms with Crippen molar-refractivity contribution in [3.8, 4) is 0 Å². The van der Waals surface area contributed by atoms with Gasteiger partial charge in [-0.15, -0.1) is 0 Å². The first-order valence-corrected chi connectivity index (χ1v) is 8.30. The number of hydrogen-bond acceptors (Lipinski definition) is 5. The third kappa shape index (κ3) is 2.98. The van der Waals surface area contributed by atoms with Crippen LogP contribution in [0, 0.1) is 18.7 Å². The molecule has 3 rings (SSSR count). The zero-order valence-corrected chi connectivity index (χ0v) is 13.4. The molecule has 0 saturated heterocycles. The van der Waals surface area contributed by atoms with Gasteiger partial charge in [0, 0.05) is 12.3 Å². The maximum atomic E-state index is 14.0. The lowest BCUT2D eigenvalue weighted by molar-refractivity contribution is -0.126. The van der Waals surface area contributed by atoms with Gasteiger partial charge in [0.25, 0.3) is 5.91 Å². The molecule has 2 aliphatic rings. The van der Waals surface area contributed by atoms with E-state index < -0.39 is 11.7 Å². The van der Waals surface area contributed by atoms with Crippen LogP contribution < -0.4 is 10.8 Å². The summed E-state index contributed by atoms with van der Waals surface area (Å²) in [6, 6.07) is 4.75. The summed E-state index contributed by atoms with van der Waals surface area (Å²) < 4.78 is 14.0. The fourth-order valence-electron chi connectivity index (χ4n) is 3.09. The second-order valence-corrected chi connectivity index (χ2v) is 6.95. The van der Waals surface area contributed by atoms with Crippen molar-refractivity contribution in [2.75, 3.05) is 5.32 Å². The number of nitrogens with one attached hydrogen (secondary N) is 2. The summed E-state index contributed by atoms with van der Waals surface area (Å²) >= 11 is 1.24. The van der Waals surface area contributed by atoms with Crippen molar-refractivity contribution in [2.24, 2.45) is 5.92 Å². The van der Waals surface area contributed by atoms with Crippen molar-refractivity contribution in [1.29, 1.82) is 0 Å². The second kappa shape index (κ2) is 6.33. The Bertz CT molecular complexity index is 705. The zero-order valence-electron chi connectivity index (χ0n) is 12.6. The van der Waals surface area contributed by atoms with Crippen LogP contribution >= 0.6 is 11.8 Å². The number of hydroxylamine groups is 1. The van der Waals surface area contributed by atoms with Crippen LogP contribution in [0.4, 0.5) is 10.1 Å². The monoisotopic (exact) mass is 336 g/mol. The third-order valence-corrected chi connectivity index (χ3v) is 5.60. The molecule has 3 N–H and O–H groups in total. The fraction of sp³-hybridized carbons (Fsp3) is 0.375. The number of Topliss-reactive ketones (excluding diaryl/α,β-unsaturated/α-hetero) is 1. The molecule has 23 heavy (non-hydrogen) atoms. The predicted molar refractivity (Wildman–Crippen MR) is 85.4 cm³/mol. The lowest BCUT2D eigenvalue weighted by Crippen LogP contribution is -2.33. The molecular formula is C16H17FN2O3S. The van der Waals surface area contributed by atoms with Crippen molar-refractivity contribution in [1.82, 2.24) is 5.48 Å². The Morgan fingerprint density at radius 3 is 2.91 bits per heavy atom. The van der Waals surface area contributed by atoms with Gasteiger partial charge in [0.15, 0.2) is 0 Å². The lowest BCUT2D eigenvalue weighted by Gasteiger charge is -2.24. The quantitative estimate of drug-likeness (QED) is 0.584. The van der Waals surface area contributed by atoms with E-state index in [9.17, 15) is 14.0 Å². The minimum absolute atomic E-state index is 0.0932. The van der Waals surface area contributed by atoms with E-state index in [0.29, 0.717) is 23.4 Å². The summed E-state index contributed by atoms with van der Waals surface area (Å²) in [5.41, 5.74) is 3.00. The smallest absolute Gasteiger partial charge is 0.273 e. The molecule has 1 aliphatic heterocycles. The number of fused-ring (bicyclic) bond motifs is 1. The van der Waals surface area contributed by atoms with Crippen LogP contribution in [0.25, 0.3) is 0 Å². The van der Waals surface area contributed by atoms with E-state index in [-0.39, 0.29) is 22.6 Å². The highest BCUT2D eigenvalue weighted by Crippen LogP contribution is 2.47. The Morgan fingerprint density at radius 1 is 1.43 bits per heavy atom. The number of carbonyl (C=O) groups is 2. The molecule has 5 nitrogen and oxygen atoms in total. The van der Waals surface area contributed by atoms with E-state index in [1.54, 1.807) is 24.5 Å². The summed E-state index contributed by atoms with van der Waals surface area (Å²) in [6.45, 7) is 1.79. The minimum Gasteiger partial charge on any atom is -0.347 e. The van der Waals surface area contributed by atoms with Gasteiger partial charge in [-0.3, -0.25) is 14.8 Å². The Labute approximate surface area is 137 Å². The van der Waals surface area contributed by atoms with Gasteiger partial charge < -0.3 is 5.32 Å². The average molecular weight is 336 g/mol. The number of aryl methyl sites for hydroxylation is 1. The summed E-state index contributed by atoms with van der Waals surface area (Å²) in [6.07, 6.45) is 1.91. The van der Waals surface area contributed by atoms with Gasteiger partial charge in [-0.05, 0) is 37.5 Å². The van der Waals surface area contributed by atoms with Gasteiger partial charge in [-0.2, -0.15) is 0 Å². The van der Waals surface area contributed by atoms with Gasteiger partial charge in [-0.1, -0.05) is 17.8 Å². The lowest BCUT2D eigenvalue weighted by atomic mass is 9.83. The fourth-order valence-corrected chi connectivity index (χ4v) is 4.57. The molecule has 1 aliphatic carbocycles. The molecule has 1 saturated carbocycles. The van der Waals surface area contributed by atoms with Crippen molar-refractivity contribution in [2.45, 2.75) is 31.4 Å². The Balaban J connectivity index is 1.96. The van der Waals surface area contributed by atoms with E-state index in [0.717, 1.165) is 12.0 Å². The molecule has 1 aromatic carbocycles. The number of anilines is 1. The van der Waals surface area contributed by atoms with Crippen molar-refractivity contribution < 1.29 is 19.2 Å². The molecule has 1 aromatic rings. The highest BCUT2D eigenvalue weighted by Gasteiger charge is 2.44. The summed E-state index contributed by atoms with van der Waals surface area (Å²) in [5.74, 6) is -1.22. The molecule has 1 heterocycles. The van der Waals surface area contributed by atoms with Crippen molar-refractivity contribution in [3.63, 3.8) is 0 Å². The van der Waals surface area contributed by atoms with Crippen LogP contribution in [0.15, 0.2) is 28.8 Å². The number of rotatable bonds is 3. The Morgan fingerprint density at radius 2 is 2.22 bits per heavy atom. The number of carbonyl (C=O) groups excluding carboxylic acids is 2. The maximum absolute atomic E-state index is 14.0. The first-order chi connectivity index (χ1) is 11.0. The van der Waals surface area contributed by atoms with E-state index in [4.69, 9.17) is 5.21 Å². The maximum Gasteiger partial charge on any atom is 0.273 e. The number of amides is 1. The molecule has 0 spiro atoms. The van der Waals surface area contributed by atoms with Gasteiger partial charge in [0.1, 0.15) is 11.6 Å². The van der Waals surface area contributed by atoms with Gasteiger partial charge in [0.05, 0.1) is 21.5 Å². The SMILES string of the molecule is Cc1ccc(NC2=C(C(=O)NO)C3CCCC(=O)C3S2)c(F)c1. The normalized spacial score (nSPS) is 23.7. The van der Waals surface area contributed by atoms with Crippen molar-refractivity contribution >= 4 is 29.1 Å². The van der Waals surface area contributed by atoms with E-state index in [2.05, 4.69) is 5.32 Å². The van der Waals surface area contributed by atoms with E-state index >= 15 is 0 Å². The summed E-state index contributed by atoms with van der Waals surface area (Å²) in [5, 5.41) is 12.0. The minimum atomic E-state index is -0.644. The predicted octanol–water partition coefficient (Wildman–Crippen LogP) is 2.75. The zero-order chi connectivity index (χ0) is 16.6. The second-order valence-electron chi connectivity index (χ2n) is 5.80. The first-order valence-electron chi connectivity index (χ1n) is 7.42. The largest absolute Gasteiger partial charge is 0.347 e.